The predicted molar refractivity (Wildman–Crippen MR) is 67.2 cm³/mol. The third kappa shape index (κ3) is 2.22. The maximum atomic E-state index is 5.44. The Kier molecular flexibility index (Phi) is 3.83. The summed E-state index contributed by atoms with van der Waals surface area (Å²) in [6.45, 7) is 4.31. The lowest BCUT2D eigenvalue weighted by atomic mass is 9.82. The number of ether oxygens (including phenoxy) is 1. The number of likely N-dealkylation sites (N-methyl/N-ethyl adjacent to an activating group) is 1. The van der Waals surface area contributed by atoms with Gasteiger partial charge in [-0.2, -0.15) is 0 Å². The molecule has 0 aromatic heterocycles. The molecule has 1 aliphatic rings. The molecule has 1 N–H and O–H groups in total. The van der Waals surface area contributed by atoms with Crippen LogP contribution in [0.25, 0.3) is 0 Å². The molecule has 0 saturated carbocycles. The van der Waals surface area contributed by atoms with Crippen LogP contribution in [-0.2, 0) is 6.42 Å². The van der Waals surface area contributed by atoms with E-state index in [1.54, 1.807) is 7.11 Å². The van der Waals surface area contributed by atoms with Gasteiger partial charge in [0.2, 0.25) is 0 Å². The molecule has 0 fully saturated rings. The maximum Gasteiger partial charge on any atom is 0.122 e. The van der Waals surface area contributed by atoms with Crippen LogP contribution in [0.1, 0.15) is 36.8 Å². The van der Waals surface area contributed by atoms with Crippen LogP contribution in [0.5, 0.6) is 5.75 Å². The second kappa shape index (κ2) is 5.35. The van der Waals surface area contributed by atoms with Gasteiger partial charge in [0, 0.05) is 6.54 Å². The van der Waals surface area contributed by atoms with Gasteiger partial charge in [-0.15, -0.1) is 0 Å². The quantitative estimate of drug-likeness (QED) is 0.840. The third-order valence-electron chi connectivity index (χ3n) is 3.45. The molecule has 2 nitrogen and oxygen atoms in total. The SMILES string of the molecule is CCNC[C@@H]1CCCc2c(OC)cccc21. The first kappa shape index (κ1) is 11.5. The lowest BCUT2D eigenvalue weighted by Gasteiger charge is -2.27. The van der Waals surface area contributed by atoms with E-state index < -0.39 is 0 Å². The van der Waals surface area contributed by atoms with Gasteiger partial charge in [0.25, 0.3) is 0 Å². The summed E-state index contributed by atoms with van der Waals surface area (Å²) in [6, 6.07) is 6.45. The Hall–Kier alpha value is -1.02. The van der Waals surface area contributed by atoms with E-state index in [2.05, 4.69) is 30.4 Å². The Labute approximate surface area is 98.0 Å². The molecule has 0 heterocycles. The van der Waals surface area contributed by atoms with Crippen molar-refractivity contribution in [2.45, 2.75) is 32.1 Å². The minimum atomic E-state index is 0.666. The molecule has 0 bridgehead atoms. The van der Waals surface area contributed by atoms with Gasteiger partial charge in [-0.1, -0.05) is 19.1 Å². The highest BCUT2D eigenvalue weighted by Crippen LogP contribution is 2.36. The van der Waals surface area contributed by atoms with Crippen LogP contribution < -0.4 is 10.1 Å². The van der Waals surface area contributed by atoms with Crippen LogP contribution in [0.3, 0.4) is 0 Å². The average molecular weight is 219 g/mol. The van der Waals surface area contributed by atoms with Crippen molar-refractivity contribution in [2.75, 3.05) is 20.2 Å². The molecule has 0 spiro atoms. The van der Waals surface area contributed by atoms with Crippen LogP contribution in [0, 0.1) is 0 Å². The summed E-state index contributed by atoms with van der Waals surface area (Å²) in [7, 11) is 1.77. The first-order valence-electron chi connectivity index (χ1n) is 6.23. The lowest BCUT2D eigenvalue weighted by Crippen LogP contribution is -2.24. The van der Waals surface area contributed by atoms with Crippen LogP contribution in [0.4, 0.5) is 0 Å². The standard InChI is InChI=1S/C14H21NO/c1-3-15-10-11-6-4-8-13-12(11)7-5-9-14(13)16-2/h5,7,9,11,15H,3-4,6,8,10H2,1-2H3/t11-/m0/s1. The highest BCUT2D eigenvalue weighted by molar-refractivity contribution is 5.43. The van der Waals surface area contributed by atoms with Gasteiger partial charge < -0.3 is 10.1 Å². The van der Waals surface area contributed by atoms with Crippen LogP contribution in [-0.4, -0.2) is 20.2 Å². The van der Waals surface area contributed by atoms with E-state index in [-0.39, 0.29) is 0 Å². The molecule has 16 heavy (non-hydrogen) atoms. The summed E-state index contributed by atoms with van der Waals surface area (Å²) in [4.78, 5) is 0. The van der Waals surface area contributed by atoms with E-state index in [0.717, 1.165) is 18.8 Å². The fourth-order valence-electron chi connectivity index (χ4n) is 2.64. The largest absolute Gasteiger partial charge is 0.496 e. The lowest BCUT2D eigenvalue weighted by molar-refractivity contribution is 0.401. The van der Waals surface area contributed by atoms with Gasteiger partial charge >= 0.3 is 0 Å². The molecule has 1 aromatic carbocycles. The first-order chi connectivity index (χ1) is 7.86. The van der Waals surface area contributed by atoms with Crippen molar-refractivity contribution in [3.8, 4) is 5.75 Å². The van der Waals surface area contributed by atoms with E-state index in [9.17, 15) is 0 Å². The zero-order valence-electron chi connectivity index (χ0n) is 10.3. The molecule has 2 rings (SSSR count). The van der Waals surface area contributed by atoms with Crippen LogP contribution in [0.2, 0.25) is 0 Å². The van der Waals surface area contributed by atoms with Gasteiger partial charge in [0.05, 0.1) is 7.11 Å². The van der Waals surface area contributed by atoms with E-state index in [1.165, 1.54) is 30.4 Å². The first-order valence-corrected chi connectivity index (χ1v) is 6.23. The molecule has 1 aliphatic carbocycles. The molecule has 0 saturated heterocycles. The Balaban J connectivity index is 2.24. The maximum absolute atomic E-state index is 5.44. The van der Waals surface area contributed by atoms with Crippen LogP contribution in [0.15, 0.2) is 18.2 Å². The van der Waals surface area contributed by atoms with Gasteiger partial charge in [-0.3, -0.25) is 0 Å². The zero-order valence-corrected chi connectivity index (χ0v) is 10.3. The summed E-state index contributed by atoms with van der Waals surface area (Å²) < 4.78 is 5.44. The molecule has 0 aliphatic heterocycles. The van der Waals surface area contributed by atoms with Crippen molar-refractivity contribution in [1.29, 1.82) is 0 Å². The molecule has 0 amide bonds. The van der Waals surface area contributed by atoms with E-state index >= 15 is 0 Å². The summed E-state index contributed by atoms with van der Waals surface area (Å²) in [6.07, 6.45) is 3.75. The van der Waals surface area contributed by atoms with Gasteiger partial charge in [0.15, 0.2) is 0 Å². The summed E-state index contributed by atoms with van der Waals surface area (Å²) in [5, 5.41) is 3.46. The van der Waals surface area contributed by atoms with Gasteiger partial charge in [-0.25, -0.2) is 0 Å². The van der Waals surface area contributed by atoms with Crippen molar-refractivity contribution in [1.82, 2.24) is 5.32 Å². The molecule has 2 heteroatoms. The number of methoxy groups -OCH3 is 1. The number of rotatable bonds is 4. The summed E-state index contributed by atoms with van der Waals surface area (Å²) in [5.41, 5.74) is 2.92. The highest BCUT2D eigenvalue weighted by Gasteiger charge is 2.21. The fourth-order valence-corrected chi connectivity index (χ4v) is 2.64. The number of nitrogens with one attached hydrogen (secondary N) is 1. The minimum absolute atomic E-state index is 0.666. The van der Waals surface area contributed by atoms with Gasteiger partial charge in [-0.05, 0) is 48.9 Å². The minimum Gasteiger partial charge on any atom is -0.496 e. The highest BCUT2D eigenvalue weighted by atomic mass is 16.5. The molecular formula is C14H21NO. The van der Waals surface area contributed by atoms with E-state index in [0.29, 0.717) is 5.92 Å². The van der Waals surface area contributed by atoms with Crippen molar-refractivity contribution in [3.05, 3.63) is 29.3 Å². The number of benzene rings is 1. The smallest absolute Gasteiger partial charge is 0.122 e. The Morgan fingerprint density at radius 1 is 1.44 bits per heavy atom. The topological polar surface area (TPSA) is 21.3 Å². The number of hydrogen-bond donors (Lipinski definition) is 1. The predicted octanol–water partition coefficient (Wildman–Crippen LogP) is 2.72. The van der Waals surface area contributed by atoms with Crippen molar-refractivity contribution >= 4 is 0 Å². The molecule has 1 aromatic rings. The monoisotopic (exact) mass is 219 g/mol. The summed E-state index contributed by atoms with van der Waals surface area (Å²) in [5.74, 6) is 1.73. The van der Waals surface area contributed by atoms with Crippen molar-refractivity contribution in [2.24, 2.45) is 0 Å². The Morgan fingerprint density at radius 3 is 3.06 bits per heavy atom. The summed E-state index contributed by atoms with van der Waals surface area (Å²) >= 11 is 0. The van der Waals surface area contributed by atoms with Crippen molar-refractivity contribution < 1.29 is 4.74 Å². The van der Waals surface area contributed by atoms with Gasteiger partial charge in [0.1, 0.15) is 5.75 Å². The molecule has 1 atom stereocenters. The molecule has 0 unspecified atom stereocenters. The third-order valence-corrected chi connectivity index (χ3v) is 3.45. The zero-order chi connectivity index (χ0) is 11.4. The molecular weight excluding hydrogens is 198 g/mol. The second-order valence-corrected chi connectivity index (χ2v) is 4.42. The fraction of sp³-hybridized carbons (Fsp3) is 0.571. The number of hydrogen-bond acceptors (Lipinski definition) is 2. The normalized spacial score (nSPS) is 19.2. The molecule has 0 radical (unpaired) electrons. The Bertz CT molecular complexity index is 349. The van der Waals surface area contributed by atoms with Crippen molar-refractivity contribution in [3.63, 3.8) is 0 Å². The molecule has 88 valence electrons. The Morgan fingerprint density at radius 2 is 2.31 bits per heavy atom. The number of fused-ring (bicyclic) bond motifs is 1. The van der Waals surface area contributed by atoms with E-state index in [4.69, 9.17) is 4.74 Å². The van der Waals surface area contributed by atoms with Crippen LogP contribution >= 0.6 is 0 Å². The average Bonchev–Trinajstić information content (AvgIpc) is 2.35. The van der Waals surface area contributed by atoms with E-state index in [1.807, 2.05) is 0 Å². The second-order valence-electron chi connectivity index (χ2n) is 4.42.